The van der Waals surface area contributed by atoms with E-state index in [9.17, 15) is 14.9 Å². The van der Waals surface area contributed by atoms with E-state index in [1.807, 2.05) is 30.3 Å². The molecule has 0 atom stereocenters. The van der Waals surface area contributed by atoms with Crippen molar-refractivity contribution in [2.45, 2.75) is 13.5 Å². The predicted molar refractivity (Wildman–Crippen MR) is 106 cm³/mol. The van der Waals surface area contributed by atoms with Crippen molar-refractivity contribution < 1.29 is 9.72 Å². The molecule has 3 rings (SSSR count). The molecule has 1 aromatic heterocycles. The molecular weight excluding hydrogens is 382 g/mol. The van der Waals surface area contributed by atoms with Gasteiger partial charge in [0.2, 0.25) is 0 Å². The summed E-state index contributed by atoms with van der Waals surface area (Å²) < 4.78 is 1.65. The first-order valence-electron chi connectivity index (χ1n) is 8.30. The summed E-state index contributed by atoms with van der Waals surface area (Å²) in [6.45, 7) is 2.30. The van der Waals surface area contributed by atoms with Gasteiger partial charge in [0.05, 0.1) is 28.9 Å². The third-order valence-electron chi connectivity index (χ3n) is 3.96. The fraction of sp³-hybridized carbons (Fsp3) is 0.105. The Morgan fingerprint density at radius 2 is 2.04 bits per heavy atom. The van der Waals surface area contributed by atoms with E-state index >= 15 is 0 Å². The number of nitrogens with one attached hydrogen (secondary N) is 1. The molecule has 9 heteroatoms. The molecule has 0 fully saturated rings. The molecule has 0 aliphatic heterocycles. The van der Waals surface area contributed by atoms with Gasteiger partial charge in [-0.25, -0.2) is 10.1 Å². The van der Waals surface area contributed by atoms with Gasteiger partial charge in [-0.15, -0.1) is 0 Å². The number of carbonyl (C=O) groups is 1. The van der Waals surface area contributed by atoms with Crippen molar-refractivity contribution in [2.75, 3.05) is 0 Å². The van der Waals surface area contributed by atoms with Crippen molar-refractivity contribution in [1.82, 2.24) is 15.2 Å². The number of nitro groups is 1. The van der Waals surface area contributed by atoms with E-state index in [0.717, 1.165) is 5.56 Å². The number of rotatable bonds is 6. The van der Waals surface area contributed by atoms with Crippen LogP contribution in [0.25, 0.3) is 0 Å². The van der Waals surface area contributed by atoms with Crippen LogP contribution in [0.15, 0.2) is 59.7 Å². The molecule has 1 amide bonds. The largest absolute Gasteiger partial charge is 0.271 e. The lowest BCUT2D eigenvalue weighted by atomic mass is 10.2. The molecule has 1 heterocycles. The third-order valence-corrected chi connectivity index (χ3v) is 4.36. The minimum Gasteiger partial charge on any atom is -0.267 e. The van der Waals surface area contributed by atoms with E-state index in [1.54, 1.807) is 11.6 Å². The number of aryl methyl sites for hydroxylation is 1. The number of hydrogen-bond acceptors (Lipinski definition) is 5. The minimum absolute atomic E-state index is 0.133. The first kappa shape index (κ1) is 19.2. The third kappa shape index (κ3) is 4.41. The molecule has 0 unspecified atom stereocenters. The van der Waals surface area contributed by atoms with Crippen LogP contribution in [0.5, 0.6) is 0 Å². The van der Waals surface area contributed by atoms with Crippen LogP contribution in [-0.4, -0.2) is 26.8 Å². The first-order chi connectivity index (χ1) is 13.5. The van der Waals surface area contributed by atoms with E-state index in [2.05, 4.69) is 15.6 Å². The fourth-order valence-corrected chi connectivity index (χ4v) is 2.84. The van der Waals surface area contributed by atoms with Crippen LogP contribution in [0.1, 0.15) is 27.2 Å². The molecule has 3 aromatic rings. The van der Waals surface area contributed by atoms with Crippen molar-refractivity contribution in [1.29, 1.82) is 0 Å². The SMILES string of the molecule is Cc1nn(Cc2ccccc2)c(Cl)c1C=NNC(=O)c1cccc([N+](=O)[O-])c1. The van der Waals surface area contributed by atoms with Crippen LogP contribution >= 0.6 is 11.6 Å². The lowest BCUT2D eigenvalue weighted by molar-refractivity contribution is -0.384. The summed E-state index contributed by atoms with van der Waals surface area (Å²) >= 11 is 6.39. The number of amides is 1. The van der Waals surface area contributed by atoms with E-state index in [4.69, 9.17) is 11.6 Å². The summed E-state index contributed by atoms with van der Waals surface area (Å²) in [5.41, 5.74) is 4.60. The first-order valence-corrected chi connectivity index (χ1v) is 8.68. The normalized spacial score (nSPS) is 10.9. The Morgan fingerprint density at radius 1 is 1.29 bits per heavy atom. The van der Waals surface area contributed by atoms with Crippen molar-refractivity contribution in [2.24, 2.45) is 5.10 Å². The molecule has 28 heavy (non-hydrogen) atoms. The average molecular weight is 398 g/mol. The van der Waals surface area contributed by atoms with Gasteiger partial charge in [0.25, 0.3) is 11.6 Å². The quantitative estimate of drug-likeness (QED) is 0.390. The Bertz CT molecular complexity index is 1050. The second-order valence-corrected chi connectivity index (χ2v) is 6.30. The highest BCUT2D eigenvalue weighted by Crippen LogP contribution is 2.19. The highest BCUT2D eigenvalue weighted by Gasteiger charge is 2.13. The van der Waals surface area contributed by atoms with Crippen molar-refractivity contribution in [3.63, 3.8) is 0 Å². The summed E-state index contributed by atoms with van der Waals surface area (Å²) in [7, 11) is 0. The van der Waals surface area contributed by atoms with Crippen LogP contribution in [0.3, 0.4) is 0 Å². The summed E-state index contributed by atoms with van der Waals surface area (Å²) in [5, 5.41) is 19.5. The lowest BCUT2D eigenvalue weighted by Crippen LogP contribution is -2.17. The summed E-state index contributed by atoms with van der Waals surface area (Å²) in [4.78, 5) is 22.4. The van der Waals surface area contributed by atoms with Crippen molar-refractivity contribution in [3.8, 4) is 0 Å². The van der Waals surface area contributed by atoms with Crippen LogP contribution in [0.2, 0.25) is 5.15 Å². The second kappa shape index (κ2) is 8.45. The summed E-state index contributed by atoms with van der Waals surface area (Å²) in [6, 6.07) is 15.1. The molecule has 0 spiro atoms. The topological polar surface area (TPSA) is 102 Å². The molecule has 0 saturated carbocycles. The summed E-state index contributed by atoms with van der Waals surface area (Å²) in [6.07, 6.45) is 1.40. The number of nitrogens with zero attached hydrogens (tertiary/aromatic N) is 4. The number of halogens is 1. The van der Waals surface area contributed by atoms with Gasteiger partial charge in [0.15, 0.2) is 0 Å². The number of hydrogen-bond donors (Lipinski definition) is 1. The monoisotopic (exact) mass is 397 g/mol. The number of non-ortho nitro benzene ring substituents is 1. The molecule has 142 valence electrons. The molecule has 2 aromatic carbocycles. The molecule has 0 aliphatic carbocycles. The number of benzene rings is 2. The maximum absolute atomic E-state index is 12.1. The molecule has 0 aliphatic rings. The zero-order valence-electron chi connectivity index (χ0n) is 14.9. The van der Waals surface area contributed by atoms with Gasteiger partial charge in [-0.1, -0.05) is 48.0 Å². The maximum Gasteiger partial charge on any atom is 0.271 e. The Labute approximate surface area is 165 Å². The molecule has 8 nitrogen and oxygen atoms in total. The van der Waals surface area contributed by atoms with Crippen molar-refractivity contribution >= 4 is 29.4 Å². The molecule has 0 saturated heterocycles. The van der Waals surface area contributed by atoms with E-state index in [-0.39, 0.29) is 11.3 Å². The highest BCUT2D eigenvalue weighted by atomic mass is 35.5. The Hall–Kier alpha value is -3.52. The standard InChI is InChI=1S/C19H16ClN5O3/c1-13-17(18(20)24(23-13)12-14-6-3-2-4-7-14)11-21-22-19(26)15-8-5-9-16(10-15)25(27)28/h2-11H,12H2,1H3,(H,22,26). The van der Waals surface area contributed by atoms with Crippen LogP contribution in [-0.2, 0) is 6.54 Å². The molecule has 1 N–H and O–H groups in total. The smallest absolute Gasteiger partial charge is 0.267 e. The van der Waals surface area contributed by atoms with Gasteiger partial charge in [-0.2, -0.15) is 10.2 Å². The lowest BCUT2D eigenvalue weighted by Gasteiger charge is -2.03. The fourth-order valence-electron chi connectivity index (χ4n) is 2.56. The number of aromatic nitrogens is 2. The average Bonchev–Trinajstić information content (AvgIpc) is 2.96. The predicted octanol–water partition coefficient (Wildman–Crippen LogP) is 3.57. The molecule has 0 radical (unpaired) electrons. The molecular formula is C19H16ClN5O3. The Morgan fingerprint density at radius 3 is 2.75 bits per heavy atom. The number of nitro benzene ring substituents is 1. The zero-order chi connectivity index (χ0) is 20.1. The van der Waals surface area contributed by atoms with Gasteiger partial charge in [0.1, 0.15) is 5.15 Å². The zero-order valence-corrected chi connectivity index (χ0v) is 15.6. The van der Waals surface area contributed by atoms with E-state index in [0.29, 0.717) is 23.0 Å². The minimum atomic E-state index is -0.565. The van der Waals surface area contributed by atoms with Gasteiger partial charge < -0.3 is 0 Å². The Balaban J connectivity index is 1.71. The van der Waals surface area contributed by atoms with Gasteiger partial charge in [0, 0.05) is 17.7 Å². The number of hydrazone groups is 1. The van der Waals surface area contributed by atoms with Gasteiger partial charge in [-0.3, -0.25) is 14.9 Å². The van der Waals surface area contributed by atoms with Gasteiger partial charge in [-0.05, 0) is 18.6 Å². The van der Waals surface area contributed by atoms with E-state index < -0.39 is 10.8 Å². The van der Waals surface area contributed by atoms with E-state index in [1.165, 1.54) is 30.5 Å². The second-order valence-electron chi connectivity index (χ2n) is 5.94. The summed E-state index contributed by atoms with van der Waals surface area (Å²) in [5.74, 6) is -0.564. The van der Waals surface area contributed by atoms with Crippen LogP contribution < -0.4 is 5.43 Å². The van der Waals surface area contributed by atoms with Crippen LogP contribution in [0.4, 0.5) is 5.69 Å². The Kier molecular flexibility index (Phi) is 5.81. The van der Waals surface area contributed by atoms with Crippen LogP contribution in [0, 0.1) is 17.0 Å². The maximum atomic E-state index is 12.1. The number of carbonyl (C=O) groups excluding carboxylic acids is 1. The van der Waals surface area contributed by atoms with Gasteiger partial charge >= 0.3 is 0 Å². The van der Waals surface area contributed by atoms with Crippen molar-refractivity contribution in [3.05, 3.63) is 92.2 Å². The highest BCUT2D eigenvalue weighted by molar-refractivity contribution is 6.32. The molecule has 0 bridgehead atoms.